The zero-order chi connectivity index (χ0) is 18.4. The van der Waals surface area contributed by atoms with Gasteiger partial charge in [0.15, 0.2) is 0 Å². The molecule has 0 bridgehead atoms. The van der Waals surface area contributed by atoms with Crippen LogP contribution in [0.1, 0.15) is 39.2 Å². The zero-order valence-corrected chi connectivity index (χ0v) is 15.9. The molecule has 0 aromatic heterocycles. The Morgan fingerprint density at radius 1 is 1.08 bits per heavy atom. The number of methoxy groups -OCH3 is 1. The zero-order valence-electron chi connectivity index (χ0n) is 15.9. The Morgan fingerprint density at radius 2 is 1.76 bits per heavy atom. The van der Waals surface area contributed by atoms with Gasteiger partial charge in [0.25, 0.3) is 0 Å². The summed E-state index contributed by atoms with van der Waals surface area (Å²) in [6.45, 7) is 8.53. The Balaban J connectivity index is 1.87. The monoisotopic (exact) mass is 346 g/mol. The lowest BCUT2D eigenvalue weighted by molar-refractivity contribution is -0.139. The number of nitrogens with zero attached hydrogens (tertiary/aromatic N) is 2. The summed E-state index contributed by atoms with van der Waals surface area (Å²) in [5.74, 6) is 1.14. The molecule has 5 heteroatoms. The third kappa shape index (κ3) is 5.48. The SMILES string of the molecule is COc1cccc(CCC(=O)N2CCCN(C(=O)C(C)(C)C)CC2)c1. The van der Waals surface area contributed by atoms with Crippen LogP contribution in [0.3, 0.4) is 0 Å². The van der Waals surface area contributed by atoms with Crippen LogP contribution in [0.5, 0.6) is 5.75 Å². The van der Waals surface area contributed by atoms with E-state index in [0.717, 1.165) is 30.8 Å². The molecule has 1 saturated heterocycles. The molecular weight excluding hydrogens is 316 g/mol. The highest BCUT2D eigenvalue weighted by Gasteiger charge is 2.29. The number of amides is 2. The smallest absolute Gasteiger partial charge is 0.228 e. The van der Waals surface area contributed by atoms with Gasteiger partial charge >= 0.3 is 0 Å². The lowest BCUT2D eigenvalue weighted by Crippen LogP contribution is -2.42. The summed E-state index contributed by atoms with van der Waals surface area (Å²) in [5.41, 5.74) is 0.734. The molecule has 5 nitrogen and oxygen atoms in total. The fraction of sp³-hybridized carbons (Fsp3) is 0.600. The fourth-order valence-electron chi connectivity index (χ4n) is 3.08. The largest absolute Gasteiger partial charge is 0.497 e. The van der Waals surface area contributed by atoms with E-state index in [-0.39, 0.29) is 17.2 Å². The predicted molar refractivity (Wildman–Crippen MR) is 98.5 cm³/mol. The Bertz CT molecular complexity index is 607. The molecule has 0 unspecified atom stereocenters. The molecule has 0 aliphatic carbocycles. The van der Waals surface area contributed by atoms with E-state index in [2.05, 4.69) is 0 Å². The van der Waals surface area contributed by atoms with Gasteiger partial charge in [0.2, 0.25) is 11.8 Å². The molecule has 2 rings (SSSR count). The first kappa shape index (κ1) is 19.3. The van der Waals surface area contributed by atoms with Gasteiger partial charge < -0.3 is 14.5 Å². The van der Waals surface area contributed by atoms with Crippen LogP contribution < -0.4 is 4.74 Å². The summed E-state index contributed by atoms with van der Waals surface area (Å²) in [6, 6.07) is 7.84. The number of ether oxygens (including phenoxy) is 1. The third-order valence-electron chi connectivity index (χ3n) is 4.54. The normalized spacial score (nSPS) is 15.7. The van der Waals surface area contributed by atoms with Gasteiger partial charge in [-0.1, -0.05) is 32.9 Å². The van der Waals surface area contributed by atoms with E-state index in [1.807, 2.05) is 54.8 Å². The summed E-state index contributed by atoms with van der Waals surface area (Å²) < 4.78 is 5.22. The van der Waals surface area contributed by atoms with Gasteiger partial charge in [-0.15, -0.1) is 0 Å². The average Bonchev–Trinajstić information content (AvgIpc) is 2.84. The van der Waals surface area contributed by atoms with Crippen molar-refractivity contribution in [2.24, 2.45) is 5.41 Å². The maximum atomic E-state index is 12.5. The summed E-state index contributed by atoms with van der Waals surface area (Å²) in [4.78, 5) is 28.8. The highest BCUT2D eigenvalue weighted by molar-refractivity contribution is 5.82. The maximum Gasteiger partial charge on any atom is 0.228 e. The number of rotatable bonds is 4. The van der Waals surface area contributed by atoms with Crippen molar-refractivity contribution in [1.29, 1.82) is 0 Å². The second-order valence-corrected chi connectivity index (χ2v) is 7.63. The van der Waals surface area contributed by atoms with E-state index in [4.69, 9.17) is 4.74 Å². The van der Waals surface area contributed by atoms with Crippen LogP contribution in [0.4, 0.5) is 0 Å². The minimum Gasteiger partial charge on any atom is -0.497 e. The minimum absolute atomic E-state index is 0.160. The molecule has 0 saturated carbocycles. The van der Waals surface area contributed by atoms with E-state index in [1.165, 1.54) is 0 Å². The van der Waals surface area contributed by atoms with Crippen LogP contribution in [0, 0.1) is 5.41 Å². The van der Waals surface area contributed by atoms with Gasteiger partial charge in [-0.25, -0.2) is 0 Å². The molecule has 1 aliphatic rings. The molecule has 0 N–H and O–H groups in total. The van der Waals surface area contributed by atoms with Gasteiger partial charge in [-0.05, 0) is 30.5 Å². The number of hydrogen-bond acceptors (Lipinski definition) is 3. The topological polar surface area (TPSA) is 49.9 Å². The molecule has 2 amide bonds. The molecule has 1 aliphatic heterocycles. The molecule has 0 atom stereocenters. The fourth-order valence-corrected chi connectivity index (χ4v) is 3.08. The van der Waals surface area contributed by atoms with Gasteiger partial charge in [-0.2, -0.15) is 0 Å². The molecule has 25 heavy (non-hydrogen) atoms. The van der Waals surface area contributed by atoms with Crippen LogP contribution in [-0.2, 0) is 16.0 Å². The standard InChI is InChI=1S/C20H30N2O3/c1-20(2,3)19(24)22-12-6-11-21(13-14-22)18(23)10-9-16-7-5-8-17(15-16)25-4/h5,7-8,15H,6,9-14H2,1-4H3. The van der Waals surface area contributed by atoms with E-state index < -0.39 is 0 Å². The Labute approximate surface area is 150 Å². The van der Waals surface area contributed by atoms with Gasteiger partial charge in [0.05, 0.1) is 7.11 Å². The third-order valence-corrected chi connectivity index (χ3v) is 4.54. The summed E-state index contributed by atoms with van der Waals surface area (Å²) in [6.07, 6.45) is 2.03. The summed E-state index contributed by atoms with van der Waals surface area (Å²) in [5, 5.41) is 0. The lowest BCUT2D eigenvalue weighted by Gasteiger charge is -2.28. The number of carbonyl (C=O) groups excluding carboxylic acids is 2. The Kier molecular flexibility index (Phi) is 6.45. The molecule has 138 valence electrons. The highest BCUT2D eigenvalue weighted by atomic mass is 16.5. The first-order chi connectivity index (χ1) is 11.8. The predicted octanol–water partition coefficient (Wildman–Crippen LogP) is 2.73. The molecule has 0 radical (unpaired) electrons. The van der Waals surface area contributed by atoms with Crippen LogP contribution in [0.15, 0.2) is 24.3 Å². The van der Waals surface area contributed by atoms with Crippen LogP contribution in [-0.4, -0.2) is 54.9 Å². The van der Waals surface area contributed by atoms with Crippen molar-refractivity contribution in [2.75, 3.05) is 33.3 Å². The Hall–Kier alpha value is -2.04. The van der Waals surface area contributed by atoms with Crippen LogP contribution >= 0.6 is 0 Å². The average molecular weight is 346 g/mol. The molecular formula is C20H30N2O3. The van der Waals surface area contributed by atoms with Gasteiger partial charge in [-0.3, -0.25) is 9.59 Å². The lowest BCUT2D eigenvalue weighted by atomic mass is 9.94. The summed E-state index contributed by atoms with van der Waals surface area (Å²) >= 11 is 0. The molecule has 1 aromatic carbocycles. The van der Waals surface area contributed by atoms with Crippen molar-refractivity contribution in [3.05, 3.63) is 29.8 Å². The quantitative estimate of drug-likeness (QED) is 0.842. The molecule has 1 fully saturated rings. The van der Waals surface area contributed by atoms with E-state index in [1.54, 1.807) is 7.11 Å². The molecule has 0 spiro atoms. The summed E-state index contributed by atoms with van der Waals surface area (Å²) in [7, 11) is 1.64. The molecule has 1 heterocycles. The second kappa shape index (κ2) is 8.37. The van der Waals surface area contributed by atoms with Gasteiger partial charge in [0.1, 0.15) is 5.75 Å². The molecule has 1 aromatic rings. The van der Waals surface area contributed by atoms with Crippen LogP contribution in [0.2, 0.25) is 0 Å². The van der Waals surface area contributed by atoms with Crippen LogP contribution in [0.25, 0.3) is 0 Å². The Morgan fingerprint density at radius 3 is 2.44 bits per heavy atom. The first-order valence-electron chi connectivity index (χ1n) is 9.01. The van der Waals surface area contributed by atoms with Crippen molar-refractivity contribution in [3.63, 3.8) is 0 Å². The van der Waals surface area contributed by atoms with Gasteiger partial charge in [0, 0.05) is 38.0 Å². The van der Waals surface area contributed by atoms with E-state index in [9.17, 15) is 9.59 Å². The minimum atomic E-state index is -0.369. The van der Waals surface area contributed by atoms with E-state index >= 15 is 0 Å². The first-order valence-corrected chi connectivity index (χ1v) is 9.01. The number of carbonyl (C=O) groups is 2. The van der Waals surface area contributed by atoms with E-state index in [0.29, 0.717) is 25.9 Å². The van der Waals surface area contributed by atoms with Crippen molar-refractivity contribution in [1.82, 2.24) is 9.80 Å². The highest BCUT2D eigenvalue weighted by Crippen LogP contribution is 2.19. The van der Waals surface area contributed by atoms with Crippen molar-refractivity contribution >= 4 is 11.8 Å². The van der Waals surface area contributed by atoms with Crippen molar-refractivity contribution in [3.8, 4) is 5.75 Å². The van der Waals surface area contributed by atoms with Crippen molar-refractivity contribution < 1.29 is 14.3 Å². The maximum absolute atomic E-state index is 12.5. The number of benzene rings is 1. The second-order valence-electron chi connectivity index (χ2n) is 7.63. The number of hydrogen-bond donors (Lipinski definition) is 0. The number of aryl methyl sites for hydroxylation is 1. The van der Waals surface area contributed by atoms with Crippen molar-refractivity contribution in [2.45, 2.75) is 40.0 Å².